The fraction of sp³-hybridized carbons (Fsp3) is 0.455. The van der Waals surface area contributed by atoms with Gasteiger partial charge in [-0.15, -0.1) is 11.8 Å². The van der Waals surface area contributed by atoms with Gasteiger partial charge in [-0.3, -0.25) is 9.38 Å². The number of ether oxygens (including phenoxy) is 2. The molecule has 0 atom stereocenters. The molecular weight excluding hydrogens is 384 g/mol. The summed E-state index contributed by atoms with van der Waals surface area (Å²) >= 11 is 1.70. The standard InChI is InChI=1S/C22H26N4O2S/c1-4-10-25(12-15-5-6-15)22-21(29-3)24-20-18(23-9-11-26(20)22)16-7-8-17-19(14(16)2)28-13-27-17/h7-9,11,15H,4-6,10,12-13H2,1-3H3. The molecule has 2 aromatic heterocycles. The van der Waals surface area contributed by atoms with Crippen LogP contribution < -0.4 is 14.4 Å². The van der Waals surface area contributed by atoms with Crippen molar-refractivity contribution in [2.45, 2.75) is 38.1 Å². The van der Waals surface area contributed by atoms with Crippen LogP contribution in [0.3, 0.4) is 0 Å². The summed E-state index contributed by atoms with van der Waals surface area (Å²) in [6.45, 7) is 6.72. The average molecular weight is 411 g/mol. The second kappa shape index (κ2) is 7.44. The van der Waals surface area contributed by atoms with Crippen LogP contribution in [0.2, 0.25) is 0 Å². The maximum absolute atomic E-state index is 5.68. The number of hydrogen-bond acceptors (Lipinski definition) is 6. The van der Waals surface area contributed by atoms with Crippen LogP contribution in [0.25, 0.3) is 16.9 Å². The van der Waals surface area contributed by atoms with Crippen molar-refractivity contribution >= 4 is 23.2 Å². The fourth-order valence-electron chi connectivity index (χ4n) is 4.09. The highest BCUT2D eigenvalue weighted by atomic mass is 32.2. The van der Waals surface area contributed by atoms with Gasteiger partial charge in [-0.2, -0.15) is 0 Å². The first kappa shape index (κ1) is 18.6. The zero-order chi connectivity index (χ0) is 20.0. The molecule has 0 radical (unpaired) electrons. The number of fused-ring (bicyclic) bond motifs is 2. The maximum atomic E-state index is 5.68. The summed E-state index contributed by atoms with van der Waals surface area (Å²) in [6, 6.07) is 4.03. The lowest BCUT2D eigenvalue weighted by atomic mass is 10.0. The van der Waals surface area contributed by atoms with Crippen molar-refractivity contribution in [2.75, 3.05) is 31.0 Å². The third-order valence-corrected chi connectivity index (χ3v) is 6.35. The summed E-state index contributed by atoms with van der Waals surface area (Å²) in [4.78, 5) is 12.3. The molecule has 0 unspecified atom stereocenters. The molecule has 152 valence electrons. The van der Waals surface area contributed by atoms with Gasteiger partial charge in [0.25, 0.3) is 0 Å². The van der Waals surface area contributed by atoms with Crippen LogP contribution in [0.15, 0.2) is 29.6 Å². The molecule has 6 nitrogen and oxygen atoms in total. The molecule has 3 heterocycles. The Morgan fingerprint density at radius 3 is 2.90 bits per heavy atom. The van der Waals surface area contributed by atoms with Gasteiger partial charge in [-0.1, -0.05) is 6.92 Å². The van der Waals surface area contributed by atoms with Gasteiger partial charge in [0, 0.05) is 36.6 Å². The number of hydrogen-bond donors (Lipinski definition) is 0. The zero-order valence-electron chi connectivity index (χ0n) is 17.1. The Balaban J connectivity index is 1.66. The van der Waals surface area contributed by atoms with Crippen molar-refractivity contribution in [3.05, 3.63) is 30.1 Å². The van der Waals surface area contributed by atoms with E-state index in [-0.39, 0.29) is 6.79 Å². The summed E-state index contributed by atoms with van der Waals surface area (Å²) < 4.78 is 13.4. The van der Waals surface area contributed by atoms with Crippen LogP contribution in [0, 0.1) is 12.8 Å². The van der Waals surface area contributed by atoms with Crippen LogP contribution in [-0.4, -0.2) is 40.5 Å². The lowest BCUT2D eigenvalue weighted by Crippen LogP contribution is -2.28. The maximum Gasteiger partial charge on any atom is 0.231 e. The van der Waals surface area contributed by atoms with E-state index >= 15 is 0 Å². The second-order valence-corrected chi connectivity index (χ2v) is 8.57. The number of anilines is 1. The lowest BCUT2D eigenvalue weighted by molar-refractivity contribution is 0.173. The first-order chi connectivity index (χ1) is 14.2. The van der Waals surface area contributed by atoms with Crippen LogP contribution >= 0.6 is 11.8 Å². The van der Waals surface area contributed by atoms with Gasteiger partial charge in [0.1, 0.15) is 16.5 Å². The Bertz CT molecular complexity index is 1060. The molecule has 1 aliphatic heterocycles. The predicted molar refractivity (Wildman–Crippen MR) is 116 cm³/mol. The topological polar surface area (TPSA) is 51.9 Å². The van der Waals surface area contributed by atoms with Gasteiger partial charge in [-0.05, 0) is 50.5 Å². The van der Waals surface area contributed by atoms with E-state index in [9.17, 15) is 0 Å². The molecule has 0 N–H and O–H groups in total. The Morgan fingerprint density at radius 2 is 2.14 bits per heavy atom. The average Bonchev–Trinajstić information content (AvgIpc) is 3.27. The molecule has 0 saturated heterocycles. The molecule has 2 aliphatic rings. The van der Waals surface area contributed by atoms with Crippen molar-refractivity contribution in [3.8, 4) is 22.8 Å². The number of imidazole rings is 1. The van der Waals surface area contributed by atoms with Crippen molar-refractivity contribution < 1.29 is 9.47 Å². The molecule has 0 amide bonds. The van der Waals surface area contributed by atoms with Crippen molar-refractivity contribution in [1.29, 1.82) is 0 Å². The minimum Gasteiger partial charge on any atom is -0.454 e. The zero-order valence-corrected chi connectivity index (χ0v) is 18.0. The highest BCUT2D eigenvalue weighted by molar-refractivity contribution is 7.98. The van der Waals surface area contributed by atoms with E-state index in [1.54, 1.807) is 11.8 Å². The molecule has 1 aliphatic carbocycles. The third kappa shape index (κ3) is 3.21. The molecule has 3 aromatic rings. The second-order valence-electron chi connectivity index (χ2n) is 7.78. The molecule has 1 fully saturated rings. The quantitative estimate of drug-likeness (QED) is 0.523. The number of thioether (sulfide) groups is 1. The third-order valence-electron chi connectivity index (χ3n) is 5.69. The minimum atomic E-state index is 0.272. The Kier molecular flexibility index (Phi) is 4.78. The minimum absolute atomic E-state index is 0.272. The molecular formula is C22H26N4O2S. The number of aromatic nitrogens is 3. The summed E-state index contributed by atoms with van der Waals surface area (Å²) in [6.07, 6.45) is 9.82. The van der Waals surface area contributed by atoms with Crippen molar-refractivity contribution in [1.82, 2.24) is 14.4 Å². The molecule has 5 rings (SSSR count). The smallest absolute Gasteiger partial charge is 0.231 e. The molecule has 1 saturated carbocycles. The highest BCUT2D eigenvalue weighted by Crippen LogP contribution is 2.42. The number of rotatable bonds is 7. The number of nitrogens with zero attached hydrogens (tertiary/aromatic N) is 4. The summed E-state index contributed by atoms with van der Waals surface area (Å²) in [5.74, 6) is 3.62. The van der Waals surface area contributed by atoms with E-state index in [4.69, 9.17) is 19.4 Å². The number of benzene rings is 1. The fourth-order valence-corrected chi connectivity index (χ4v) is 4.68. The Labute approximate surface area is 175 Å². The van der Waals surface area contributed by atoms with Gasteiger partial charge in [-0.25, -0.2) is 4.98 Å². The van der Waals surface area contributed by atoms with E-state index in [2.05, 4.69) is 35.5 Å². The van der Waals surface area contributed by atoms with E-state index < -0.39 is 0 Å². The normalized spacial score (nSPS) is 15.3. The summed E-state index contributed by atoms with van der Waals surface area (Å²) in [5.41, 5.74) is 3.85. The van der Waals surface area contributed by atoms with Gasteiger partial charge < -0.3 is 14.4 Å². The lowest BCUT2D eigenvalue weighted by Gasteiger charge is -2.24. The van der Waals surface area contributed by atoms with Gasteiger partial charge in [0.05, 0.1) is 0 Å². The largest absolute Gasteiger partial charge is 0.454 e. The van der Waals surface area contributed by atoms with E-state index in [0.29, 0.717) is 0 Å². The SMILES string of the molecule is CCCN(CC1CC1)c1c(SC)nc2c(-c3ccc4c(c3C)OCO4)nccn12. The van der Waals surface area contributed by atoms with E-state index in [0.717, 1.165) is 64.4 Å². The van der Waals surface area contributed by atoms with Crippen molar-refractivity contribution in [3.63, 3.8) is 0 Å². The van der Waals surface area contributed by atoms with Crippen LogP contribution in [-0.2, 0) is 0 Å². The molecule has 1 aromatic carbocycles. The van der Waals surface area contributed by atoms with Crippen LogP contribution in [0.5, 0.6) is 11.5 Å². The van der Waals surface area contributed by atoms with Crippen LogP contribution in [0.4, 0.5) is 5.82 Å². The monoisotopic (exact) mass is 410 g/mol. The summed E-state index contributed by atoms with van der Waals surface area (Å²) in [7, 11) is 0. The molecule has 7 heteroatoms. The first-order valence-corrected chi connectivity index (χ1v) is 11.5. The van der Waals surface area contributed by atoms with Crippen LogP contribution in [0.1, 0.15) is 31.7 Å². The molecule has 0 bridgehead atoms. The Hall–Kier alpha value is -2.41. The van der Waals surface area contributed by atoms with E-state index in [1.807, 2.05) is 18.5 Å². The Morgan fingerprint density at radius 1 is 1.28 bits per heavy atom. The van der Waals surface area contributed by atoms with Gasteiger partial charge >= 0.3 is 0 Å². The first-order valence-electron chi connectivity index (χ1n) is 10.3. The highest BCUT2D eigenvalue weighted by Gasteiger charge is 2.28. The van der Waals surface area contributed by atoms with Gasteiger partial charge in [0.2, 0.25) is 6.79 Å². The molecule has 0 spiro atoms. The summed E-state index contributed by atoms with van der Waals surface area (Å²) in [5, 5.41) is 1.06. The molecule has 29 heavy (non-hydrogen) atoms. The van der Waals surface area contributed by atoms with E-state index in [1.165, 1.54) is 18.7 Å². The van der Waals surface area contributed by atoms with Gasteiger partial charge in [0.15, 0.2) is 17.1 Å². The van der Waals surface area contributed by atoms with Crippen molar-refractivity contribution in [2.24, 2.45) is 5.92 Å². The predicted octanol–water partition coefficient (Wildman–Crippen LogP) is 4.78.